The minimum Gasteiger partial charge on any atom is -0.444 e. The van der Waals surface area contributed by atoms with E-state index in [4.69, 9.17) is 4.74 Å². The number of nitrogens with one attached hydrogen (secondary N) is 1. The maximum atomic E-state index is 12.0. The number of nitrogens with zero attached hydrogens (tertiary/aromatic N) is 3. The largest absolute Gasteiger partial charge is 0.444 e. The number of carbonyl (C=O) groups is 1. The minimum atomic E-state index is -0.461. The first-order chi connectivity index (χ1) is 10.6. The smallest absolute Gasteiger partial charge is 0.410 e. The summed E-state index contributed by atoms with van der Waals surface area (Å²) in [6.07, 6.45) is 2.03. The zero-order valence-electron chi connectivity index (χ0n) is 16.3. The molecule has 0 aromatic carbocycles. The van der Waals surface area contributed by atoms with Crippen LogP contribution in [0.5, 0.6) is 0 Å². The van der Waals surface area contributed by atoms with Crippen molar-refractivity contribution in [2.45, 2.75) is 53.1 Å². The molecule has 0 aliphatic carbocycles. The third-order valence-electron chi connectivity index (χ3n) is 3.32. The van der Waals surface area contributed by atoms with Crippen molar-refractivity contribution in [3.8, 4) is 0 Å². The van der Waals surface area contributed by atoms with Gasteiger partial charge in [0.25, 0.3) is 0 Å². The predicted molar refractivity (Wildman–Crippen MR) is 96.9 cm³/mol. The molecule has 0 heterocycles. The Balaban J connectivity index is 4.27. The predicted octanol–water partition coefficient (Wildman–Crippen LogP) is 2.80. The van der Waals surface area contributed by atoms with Gasteiger partial charge in [0.1, 0.15) is 5.60 Å². The Hall–Kier alpha value is -1.46. The van der Waals surface area contributed by atoms with Crippen molar-refractivity contribution < 1.29 is 9.53 Å². The highest BCUT2D eigenvalue weighted by atomic mass is 16.6. The zero-order chi connectivity index (χ0) is 18.0. The lowest BCUT2D eigenvalue weighted by molar-refractivity contribution is 0.0278. The van der Waals surface area contributed by atoms with Crippen molar-refractivity contribution in [3.05, 3.63) is 0 Å². The van der Waals surface area contributed by atoms with E-state index in [1.54, 1.807) is 19.0 Å². The molecule has 0 aliphatic heterocycles. The van der Waals surface area contributed by atoms with Crippen LogP contribution in [0.3, 0.4) is 0 Å². The monoisotopic (exact) mass is 328 g/mol. The van der Waals surface area contributed by atoms with Crippen LogP contribution in [0, 0.1) is 5.92 Å². The number of ether oxygens (including phenoxy) is 1. The van der Waals surface area contributed by atoms with Crippen LogP contribution in [0.25, 0.3) is 0 Å². The van der Waals surface area contributed by atoms with E-state index < -0.39 is 5.60 Å². The van der Waals surface area contributed by atoms with Gasteiger partial charge in [-0.25, -0.2) is 4.79 Å². The van der Waals surface area contributed by atoms with Crippen LogP contribution in [-0.4, -0.2) is 68.2 Å². The van der Waals surface area contributed by atoms with E-state index in [-0.39, 0.29) is 6.09 Å². The van der Waals surface area contributed by atoms with Crippen molar-refractivity contribution >= 4 is 12.1 Å². The molecule has 0 spiro atoms. The fourth-order valence-electron chi connectivity index (χ4n) is 2.10. The summed E-state index contributed by atoms with van der Waals surface area (Å²) in [5.41, 5.74) is -0.461. The summed E-state index contributed by atoms with van der Waals surface area (Å²) in [7, 11) is 5.61. The molecule has 1 atom stereocenters. The Morgan fingerprint density at radius 3 is 2.35 bits per heavy atom. The molecule has 6 heteroatoms. The Bertz CT molecular complexity index is 377. The Labute approximate surface area is 142 Å². The number of hydrogen-bond donors (Lipinski definition) is 1. The fourth-order valence-corrected chi connectivity index (χ4v) is 2.10. The lowest BCUT2D eigenvalue weighted by atomic mass is 10.1. The maximum Gasteiger partial charge on any atom is 0.410 e. The van der Waals surface area contributed by atoms with Crippen molar-refractivity contribution in [1.82, 2.24) is 15.1 Å². The van der Waals surface area contributed by atoms with E-state index in [0.29, 0.717) is 12.5 Å². The lowest BCUT2D eigenvalue weighted by Gasteiger charge is -2.27. The Kier molecular flexibility index (Phi) is 9.68. The average molecular weight is 329 g/mol. The van der Waals surface area contributed by atoms with Crippen molar-refractivity contribution in [2.75, 3.05) is 40.8 Å². The quantitative estimate of drug-likeness (QED) is 0.577. The van der Waals surface area contributed by atoms with E-state index in [0.717, 1.165) is 25.5 Å². The number of hydrogen-bond acceptors (Lipinski definition) is 3. The van der Waals surface area contributed by atoms with E-state index in [1.807, 2.05) is 27.8 Å². The summed E-state index contributed by atoms with van der Waals surface area (Å²) < 4.78 is 5.36. The highest BCUT2D eigenvalue weighted by Crippen LogP contribution is 2.10. The van der Waals surface area contributed by atoms with Gasteiger partial charge < -0.3 is 19.9 Å². The molecular weight excluding hydrogens is 292 g/mol. The first-order valence-electron chi connectivity index (χ1n) is 8.46. The van der Waals surface area contributed by atoms with Gasteiger partial charge in [0, 0.05) is 40.8 Å². The first kappa shape index (κ1) is 21.5. The maximum absolute atomic E-state index is 12.0. The molecule has 1 unspecified atom stereocenters. The van der Waals surface area contributed by atoms with E-state index in [2.05, 4.69) is 29.1 Å². The van der Waals surface area contributed by atoms with Crippen LogP contribution in [0.4, 0.5) is 4.79 Å². The molecule has 0 aromatic heterocycles. The van der Waals surface area contributed by atoms with Gasteiger partial charge in [0.05, 0.1) is 0 Å². The SMILES string of the molecule is CCCCN(C)C(=NC)NCC(C)CN(C)C(=O)OC(C)(C)C. The highest BCUT2D eigenvalue weighted by Gasteiger charge is 2.20. The van der Waals surface area contributed by atoms with Crippen LogP contribution < -0.4 is 5.32 Å². The molecule has 0 fully saturated rings. The third-order valence-corrected chi connectivity index (χ3v) is 3.32. The fraction of sp³-hybridized carbons (Fsp3) is 0.882. The van der Waals surface area contributed by atoms with E-state index in [1.165, 1.54) is 6.42 Å². The van der Waals surface area contributed by atoms with Gasteiger partial charge in [0.15, 0.2) is 5.96 Å². The molecule has 0 rings (SSSR count). The summed E-state index contributed by atoms with van der Waals surface area (Å²) >= 11 is 0. The molecule has 23 heavy (non-hydrogen) atoms. The number of rotatable bonds is 7. The lowest BCUT2D eigenvalue weighted by Crippen LogP contribution is -2.43. The van der Waals surface area contributed by atoms with Gasteiger partial charge in [-0.3, -0.25) is 4.99 Å². The van der Waals surface area contributed by atoms with Crippen molar-refractivity contribution in [2.24, 2.45) is 10.9 Å². The van der Waals surface area contributed by atoms with Crippen LogP contribution in [0.15, 0.2) is 4.99 Å². The van der Waals surface area contributed by atoms with Crippen LogP contribution in [0.1, 0.15) is 47.5 Å². The molecule has 0 saturated heterocycles. The Morgan fingerprint density at radius 1 is 1.26 bits per heavy atom. The van der Waals surface area contributed by atoms with Gasteiger partial charge >= 0.3 is 6.09 Å². The van der Waals surface area contributed by atoms with Crippen molar-refractivity contribution in [1.29, 1.82) is 0 Å². The summed E-state index contributed by atoms with van der Waals surface area (Å²) in [5, 5.41) is 3.37. The third kappa shape index (κ3) is 10.0. The molecular formula is C17H36N4O2. The number of guanidine groups is 1. The van der Waals surface area contributed by atoms with Gasteiger partial charge in [-0.15, -0.1) is 0 Å². The van der Waals surface area contributed by atoms with E-state index >= 15 is 0 Å². The summed E-state index contributed by atoms with van der Waals surface area (Å²) in [6.45, 7) is 12.3. The second-order valence-corrected chi connectivity index (χ2v) is 7.17. The highest BCUT2D eigenvalue weighted by molar-refractivity contribution is 5.79. The topological polar surface area (TPSA) is 57.2 Å². The number of unbranched alkanes of at least 4 members (excludes halogenated alkanes) is 1. The molecule has 0 aliphatic rings. The zero-order valence-corrected chi connectivity index (χ0v) is 16.3. The standard InChI is InChI=1S/C17H36N4O2/c1-9-10-11-20(7)15(18-6)19-12-14(2)13-21(8)16(22)23-17(3,4)5/h14H,9-13H2,1-8H3,(H,18,19). The van der Waals surface area contributed by atoms with Gasteiger partial charge in [-0.2, -0.15) is 0 Å². The number of aliphatic imine (C=N–C) groups is 1. The summed E-state index contributed by atoms with van der Waals surface area (Å²) in [6, 6.07) is 0. The van der Waals surface area contributed by atoms with Crippen molar-refractivity contribution in [3.63, 3.8) is 0 Å². The molecule has 1 N–H and O–H groups in total. The normalized spacial score (nSPS) is 13.5. The van der Waals surface area contributed by atoms with Crippen LogP contribution >= 0.6 is 0 Å². The van der Waals surface area contributed by atoms with Gasteiger partial charge in [-0.05, 0) is 33.1 Å². The molecule has 6 nitrogen and oxygen atoms in total. The molecule has 0 radical (unpaired) electrons. The summed E-state index contributed by atoms with van der Waals surface area (Å²) in [4.78, 5) is 20.0. The minimum absolute atomic E-state index is 0.284. The number of amides is 1. The van der Waals surface area contributed by atoms with Gasteiger partial charge in [-0.1, -0.05) is 20.3 Å². The average Bonchev–Trinajstić information content (AvgIpc) is 2.43. The van der Waals surface area contributed by atoms with Crippen LogP contribution in [0.2, 0.25) is 0 Å². The van der Waals surface area contributed by atoms with Crippen LogP contribution in [-0.2, 0) is 4.74 Å². The second-order valence-electron chi connectivity index (χ2n) is 7.17. The molecule has 0 saturated carbocycles. The Morgan fingerprint density at radius 2 is 1.87 bits per heavy atom. The number of carbonyl (C=O) groups excluding carboxylic acids is 1. The first-order valence-corrected chi connectivity index (χ1v) is 8.46. The van der Waals surface area contributed by atoms with Gasteiger partial charge in [0.2, 0.25) is 0 Å². The molecule has 0 bridgehead atoms. The second kappa shape index (κ2) is 10.3. The van der Waals surface area contributed by atoms with E-state index in [9.17, 15) is 4.79 Å². The molecule has 1 amide bonds. The summed E-state index contributed by atoms with van der Waals surface area (Å²) in [5.74, 6) is 1.19. The molecule has 0 aromatic rings. The molecule has 136 valence electrons.